The van der Waals surface area contributed by atoms with E-state index in [1.807, 2.05) is 54.3 Å². The average molecular weight is 365 g/mol. The summed E-state index contributed by atoms with van der Waals surface area (Å²) in [6.45, 7) is 3.76. The van der Waals surface area contributed by atoms with Crippen molar-refractivity contribution in [3.63, 3.8) is 0 Å². The molecule has 2 atom stereocenters. The lowest BCUT2D eigenvalue weighted by Crippen LogP contribution is -2.49. The van der Waals surface area contributed by atoms with Gasteiger partial charge in [0, 0.05) is 43.1 Å². The van der Waals surface area contributed by atoms with E-state index in [1.165, 1.54) is 0 Å². The van der Waals surface area contributed by atoms with Crippen molar-refractivity contribution in [3.8, 4) is 0 Å². The van der Waals surface area contributed by atoms with Crippen LogP contribution in [0.5, 0.6) is 0 Å². The summed E-state index contributed by atoms with van der Waals surface area (Å²) in [5.41, 5.74) is 2.36. The van der Waals surface area contributed by atoms with E-state index in [0.29, 0.717) is 25.2 Å². The quantitative estimate of drug-likeness (QED) is 0.819. The third-order valence-electron chi connectivity index (χ3n) is 5.32. The molecule has 0 aliphatic carbocycles. The van der Waals surface area contributed by atoms with Gasteiger partial charge in [-0.25, -0.2) is 0 Å². The molecular formula is C21H23N3O3. The molecule has 0 spiro atoms. The van der Waals surface area contributed by atoms with Gasteiger partial charge in [-0.3, -0.25) is 14.6 Å². The van der Waals surface area contributed by atoms with E-state index in [2.05, 4.69) is 4.98 Å². The number of ether oxygens (including phenoxy) is 1. The van der Waals surface area contributed by atoms with Crippen molar-refractivity contribution in [1.29, 1.82) is 0 Å². The van der Waals surface area contributed by atoms with Crippen LogP contribution in [0.25, 0.3) is 0 Å². The van der Waals surface area contributed by atoms with E-state index in [9.17, 15) is 9.59 Å². The maximum absolute atomic E-state index is 12.9. The van der Waals surface area contributed by atoms with Crippen LogP contribution in [0.15, 0.2) is 48.7 Å². The zero-order chi connectivity index (χ0) is 18.8. The fourth-order valence-corrected chi connectivity index (χ4v) is 3.82. The van der Waals surface area contributed by atoms with Crippen molar-refractivity contribution < 1.29 is 14.3 Å². The number of benzene rings is 1. The second kappa shape index (κ2) is 7.48. The van der Waals surface area contributed by atoms with Crippen molar-refractivity contribution in [2.75, 3.05) is 31.1 Å². The molecule has 0 saturated carbocycles. The molecule has 2 aromatic rings. The number of anilines is 1. The largest absolute Gasteiger partial charge is 0.368 e. The maximum atomic E-state index is 12.9. The second-order valence-electron chi connectivity index (χ2n) is 7.18. The lowest BCUT2D eigenvalue weighted by atomic mass is 9.93. The molecule has 6 nitrogen and oxygen atoms in total. The highest BCUT2D eigenvalue weighted by Crippen LogP contribution is 2.27. The normalized spacial score (nSPS) is 22.9. The highest BCUT2D eigenvalue weighted by Gasteiger charge is 2.37. The number of likely N-dealkylation sites (tertiary alicyclic amines) is 1. The van der Waals surface area contributed by atoms with Gasteiger partial charge in [-0.15, -0.1) is 0 Å². The molecular weight excluding hydrogens is 342 g/mol. The Morgan fingerprint density at radius 1 is 1.15 bits per heavy atom. The summed E-state index contributed by atoms with van der Waals surface area (Å²) >= 11 is 0. The number of hydrogen-bond acceptors (Lipinski definition) is 4. The molecule has 4 rings (SSSR count). The Labute approximate surface area is 158 Å². The highest BCUT2D eigenvalue weighted by atomic mass is 16.5. The zero-order valence-electron chi connectivity index (χ0n) is 15.4. The van der Waals surface area contributed by atoms with E-state index in [1.54, 1.807) is 11.1 Å². The monoisotopic (exact) mass is 365 g/mol. The first-order valence-corrected chi connectivity index (χ1v) is 9.31. The average Bonchev–Trinajstić information content (AvgIpc) is 2.87. The Morgan fingerprint density at radius 2 is 1.96 bits per heavy atom. The van der Waals surface area contributed by atoms with Gasteiger partial charge in [0.25, 0.3) is 11.8 Å². The molecule has 140 valence electrons. The molecule has 2 fully saturated rings. The first-order chi connectivity index (χ1) is 13.1. The van der Waals surface area contributed by atoms with Gasteiger partial charge >= 0.3 is 0 Å². The van der Waals surface area contributed by atoms with Crippen LogP contribution in [-0.4, -0.2) is 54.0 Å². The first kappa shape index (κ1) is 17.7. The fourth-order valence-electron chi connectivity index (χ4n) is 3.82. The minimum atomic E-state index is -0.0313. The summed E-state index contributed by atoms with van der Waals surface area (Å²) in [6, 6.07) is 13.3. The molecule has 0 N–H and O–H groups in total. The number of piperidine rings is 1. The molecule has 2 amide bonds. The van der Waals surface area contributed by atoms with Crippen LogP contribution in [0.3, 0.4) is 0 Å². The van der Waals surface area contributed by atoms with Gasteiger partial charge in [0.15, 0.2) is 0 Å². The van der Waals surface area contributed by atoms with Crippen molar-refractivity contribution in [2.24, 2.45) is 5.92 Å². The molecule has 27 heavy (non-hydrogen) atoms. The number of nitrogens with zero attached hydrogens (tertiary/aromatic N) is 3. The van der Waals surface area contributed by atoms with Crippen LogP contribution < -0.4 is 4.90 Å². The van der Waals surface area contributed by atoms with Crippen LogP contribution in [0.4, 0.5) is 5.69 Å². The minimum Gasteiger partial charge on any atom is -0.368 e. The summed E-state index contributed by atoms with van der Waals surface area (Å²) in [7, 11) is 0. The summed E-state index contributed by atoms with van der Waals surface area (Å²) in [6.07, 6.45) is 2.38. The van der Waals surface area contributed by atoms with Gasteiger partial charge in [0.2, 0.25) is 0 Å². The number of fused-ring (bicyclic) bond motifs is 1. The summed E-state index contributed by atoms with van der Waals surface area (Å²) in [5.74, 6) is 0.0479. The number of amides is 2. The molecule has 2 aliphatic rings. The summed E-state index contributed by atoms with van der Waals surface area (Å²) in [4.78, 5) is 33.3. The molecule has 3 heterocycles. The predicted molar refractivity (Wildman–Crippen MR) is 102 cm³/mol. The summed E-state index contributed by atoms with van der Waals surface area (Å²) in [5, 5.41) is 0. The Bertz CT molecular complexity index is 822. The molecule has 1 aromatic heterocycles. The van der Waals surface area contributed by atoms with Crippen LogP contribution in [0, 0.1) is 12.8 Å². The van der Waals surface area contributed by atoms with Gasteiger partial charge in [0.1, 0.15) is 6.61 Å². The van der Waals surface area contributed by atoms with E-state index in [4.69, 9.17) is 4.74 Å². The molecule has 6 heteroatoms. The number of rotatable bonds is 2. The van der Waals surface area contributed by atoms with Crippen molar-refractivity contribution in [3.05, 3.63) is 59.9 Å². The Kier molecular flexibility index (Phi) is 4.90. The lowest BCUT2D eigenvalue weighted by Gasteiger charge is -2.38. The number of carbonyl (C=O) groups excluding carboxylic acids is 2. The van der Waals surface area contributed by atoms with Crippen molar-refractivity contribution in [2.45, 2.75) is 19.4 Å². The Hall–Kier alpha value is -2.73. The number of carbonyl (C=O) groups is 2. The van der Waals surface area contributed by atoms with E-state index >= 15 is 0 Å². The lowest BCUT2D eigenvalue weighted by molar-refractivity contribution is -0.124. The Morgan fingerprint density at radius 3 is 2.70 bits per heavy atom. The van der Waals surface area contributed by atoms with Gasteiger partial charge in [-0.1, -0.05) is 18.2 Å². The maximum Gasteiger partial charge on any atom is 0.255 e. The smallest absolute Gasteiger partial charge is 0.255 e. The molecule has 2 aliphatic heterocycles. The predicted octanol–water partition coefficient (Wildman–Crippen LogP) is 2.28. The number of hydrogen-bond donors (Lipinski definition) is 0. The number of para-hydroxylation sites is 1. The van der Waals surface area contributed by atoms with Crippen molar-refractivity contribution in [1.82, 2.24) is 9.88 Å². The van der Waals surface area contributed by atoms with Gasteiger partial charge in [-0.2, -0.15) is 0 Å². The molecule has 0 unspecified atom stereocenters. The van der Waals surface area contributed by atoms with Crippen LogP contribution in [0.1, 0.15) is 22.5 Å². The Balaban J connectivity index is 1.51. The van der Waals surface area contributed by atoms with Gasteiger partial charge in [0.05, 0.1) is 11.7 Å². The number of aromatic nitrogens is 1. The van der Waals surface area contributed by atoms with E-state index in [-0.39, 0.29) is 30.4 Å². The fraction of sp³-hybridized carbons (Fsp3) is 0.381. The third kappa shape index (κ3) is 3.71. The van der Waals surface area contributed by atoms with Crippen LogP contribution >= 0.6 is 0 Å². The topological polar surface area (TPSA) is 62.7 Å². The highest BCUT2D eigenvalue weighted by molar-refractivity contribution is 5.95. The first-order valence-electron chi connectivity index (χ1n) is 9.31. The standard InChI is InChI=1S/C21H23N3O3/c1-15-7-8-16(11-22-15)21(26)23-10-9-19-17(12-23)13-24(20(25)14-27-19)18-5-3-2-4-6-18/h2-8,11,17,19H,9-10,12-14H2,1H3/t17-,19+/m1/s1. The summed E-state index contributed by atoms with van der Waals surface area (Å²) < 4.78 is 5.88. The molecule has 0 radical (unpaired) electrons. The third-order valence-corrected chi connectivity index (χ3v) is 5.32. The van der Waals surface area contributed by atoms with Crippen molar-refractivity contribution >= 4 is 17.5 Å². The molecule has 2 saturated heterocycles. The van der Waals surface area contributed by atoms with Crippen LogP contribution in [-0.2, 0) is 9.53 Å². The molecule has 0 bridgehead atoms. The van der Waals surface area contributed by atoms with E-state index in [0.717, 1.165) is 17.8 Å². The van der Waals surface area contributed by atoms with Gasteiger partial charge in [-0.05, 0) is 37.6 Å². The van der Waals surface area contributed by atoms with Crippen LogP contribution in [0.2, 0.25) is 0 Å². The SMILES string of the molecule is Cc1ccc(C(=O)N2CC[C@@H]3OCC(=O)N(c4ccccc4)C[C@H]3C2)cn1. The number of aryl methyl sites for hydroxylation is 1. The molecule has 1 aromatic carbocycles. The minimum absolute atomic E-state index is 0.00264. The zero-order valence-corrected chi connectivity index (χ0v) is 15.4. The van der Waals surface area contributed by atoms with E-state index < -0.39 is 0 Å². The van der Waals surface area contributed by atoms with Gasteiger partial charge < -0.3 is 14.5 Å². The number of pyridine rings is 1. The second-order valence-corrected chi connectivity index (χ2v) is 7.18.